The second-order valence-electron chi connectivity index (χ2n) is 5.23. The standard InChI is InChI=1S/C13H20N6/c1-3-13(5-6-13)7-15-10-9-11(17-8-16-9)19-12(18-10)14-4-2/h8H,3-7H2,1-2H3,(H3,14,15,16,17,18,19). The second-order valence-corrected chi connectivity index (χ2v) is 5.23. The van der Waals surface area contributed by atoms with Crippen LogP contribution in [0.15, 0.2) is 6.33 Å². The van der Waals surface area contributed by atoms with Gasteiger partial charge in [-0.25, -0.2) is 4.98 Å². The van der Waals surface area contributed by atoms with Crippen molar-refractivity contribution in [1.29, 1.82) is 0 Å². The third kappa shape index (κ3) is 2.34. The fourth-order valence-electron chi connectivity index (χ4n) is 2.30. The quantitative estimate of drug-likeness (QED) is 0.743. The number of imidazole rings is 1. The van der Waals surface area contributed by atoms with Gasteiger partial charge >= 0.3 is 0 Å². The Hall–Kier alpha value is -1.85. The molecule has 0 atom stereocenters. The number of fused-ring (bicyclic) bond motifs is 1. The molecule has 0 aliphatic heterocycles. The van der Waals surface area contributed by atoms with E-state index in [1.54, 1.807) is 6.33 Å². The van der Waals surface area contributed by atoms with Crippen molar-refractivity contribution >= 4 is 22.9 Å². The molecule has 102 valence electrons. The van der Waals surface area contributed by atoms with E-state index in [1.807, 2.05) is 6.92 Å². The van der Waals surface area contributed by atoms with Crippen molar-refractivity contribution in [3.8, 4) is 0 Å². The number of nitrogens with zero attached hydrogens (tertiary/aromatic N) is 3. The number of hydrogen-bond donors (Lipinski definition) is 3. The molecule has 19 heavy (non-hydrogen) atoms. The predicted octanol–water partition coefficient (Wildman–Crippen LogP) is 2.39. The van der Waals surface area contributed by atoms with Gasteiger partial charge in [0.05, 0.1) is 6.33 Å². The number of aromatic amines is 1. The van der Waals surface area contributed by atoms with Crippen LogP contribution in [0.5, 0.6) is 0 Å². The highest BCUT2D eigenvalue weighted by atomic mass is 15.2. The van der Waals surface area contributed by atoms with Gasteiger partial charge in [-0.2, -0.15) is 9.97 Å². The zero-order valence-corrected chi connectivity index (χ0v) is 11.5. The first kappa shape index (κ1) is 12.2. The summed E-state index contributed by atoms with van der Waals surface area (Å²) >= 11 is 0. The van der Waals surface area contributed by atoms with Crippen LogP contribution in [0.1, 0.15) is 33.1 Å². The molecule has 0 unspecified atom stereocenters. The Morgan fingerprint density at radius 3 is 2.79 bits per heavy atom. The molecule has 2 heterocycles. The molecule has 2 aromatic rings. The van der Waals surface area contributed by atoms with Gasteiger partial charge in [0.1, 0.15) is 5.52 Å². The maximum atomic E-state index is 4.52. The highest BCUT2D eigenvalue weighted by molar-refractivity contribution is 5.83. The summed E-state index contributed by atoms with van der Waals surface area (Å²) in [7, 11) is 0. The van der Waals surface area contributed by atoms with E-state index < -0.39 is 0 Å². The largest absolute Gasteiger partial charge is 0.368 e. The Morgan fingerprint density at radius 1 is 1.26 bits per heavy atom. The van der Waals surface area contributed by atoms with Crippen LogP contribution >= 0.6 is 0 Å². The Bertz CT molecular complexity index is 572. The lowest BCUT2D eigenvalue weighted by Crippen LogP contribution is -2.16. The minimum absolute atomic E-state index is 0.482. The molecule has 1 saturated carbocycles. The minimum atomic E-state index is 0.482. The van der Waals surface area contributed by atoms with E-state index in [2.05, 4.69) is 37.5 Å². The number of anilines is 2. The highest BCUT2D eigenvalue weighted by Crippen LogP contribution is 2.48. The fraction of sp³-hybridized carbons (Fsp3) is 0.615. The van der Waals surface area contributed by atoms with E-state index in [4.69, 9.17) is 0 Å². The Labute approximate surface area is 112 Å². The van der Waals surface area contributed by atoms with E-state index in [0.29, 0.717) is 17.0 Å². The third-order valence-electron chi connectivity index (χ3n) is 3.96. The molecule has 0 aromatic carbocycles. The van der Waals surface area contributed by atoms with E-state index >= 15 is 0 Å². The molecule has 0 saturated heterocycles. The first-order valence-corrected chi connectivity index (χ1v) is 6.95. The van der Waals surface area contributed by atoms with Gasteiger partial charge in [0, 0.05) is 13.1 Å². The molecule has 0 amide bonds. The summed E-state index contributed by atoms with van der Waals surface area (Å²) < 4.78 is 0. The lowest BCUT2D eigenvalue weighted by Gasteiger charge is -2.14. The molecule has 6 heteroatoms. The molecule has 0 radical (unpaired) electrons. The van der Waals surface area contributed by atoms with Crippen LogP contribution in [0.4, 0.5) is 11.8 Å². The Kier molecular flexibility index (Phi) is 3.00. The van der Waals surface area contributed by atoms with Crippen molar-refractivity contribution in [2.45, 2.75) is 33.1 Å². The van der Waals surface area contributed by atoms with Gasteiger partial charge in [-0.05, 0) is 31.6 Å². The van der Waals surface area contributed by atoms with Crippen molar-refractivity contribution < 1.29 is 0 Å². The number of hydrogen-bond acceptors (Lipinski definition) is 5. The van der Waals surface area contributed by atoms with Gasteiger partial charge in [0.15, 0.2) is 11.5 Å². The topological polar surface area (TPSA) is 78.5 Å². The number of H-pyrrole nitrogens is 1. The van der Waals surface area contributed by atoms with Crippen LogP contribution in [-0.4, -0.2) is 33.0 Å². The van der Waals surface area contributed by atoms with Gasteiger partial charge in [-0.1, -0.05) is 6.92 Å². The van der Waals surface area contributed by atoms with Gasteiger partial charge in [0.2, 0.25) is 5.95 Å². The predicted molar refractivity (Wildman–Crippen MR) is 76.3 cm³/mol. The van der Waals surface area contributed by atoms with Crippen LogP contribution < -0.4 is 10.6 Å². The van der Waals surface area contributed by atoms with Crippen molar-refractivity contribution in [3.63, 3.8) is 0 Å². The summed E-state index contributed by atoms with van der Waals surface area (Å²) in [5.41, 5.74) is 2.07. The van der Waals surface area contributed by atoms with E-state index in [0.717, 1.165) is 24.4 Å². The van der Waals surface area contributed by atoms with E-state index in [1.165, 1.54) is 19.3 Å². The summed E-state index contributed by atoms with van der Waals surface area (Å²) in [5, 5.41) is 6.60. The average molecular weight is 260 g/mol. The van der Waals surface area contributed by atoms with E-state index in [-0.39, 0.29) is 0 Å². The summed E-state index contributed by atoms with van der Waals surface area (Å²) in [6.07, 6.45) is 5.51. The number of aromatic nitrogens is 4. The first-order valence-electron chi connectivity index (χ1n) is 6.95. The van der Waals surface area contributed by atoms with Gasteiger partial charge in [-0.15, -0.1) is 0 Å². The number of rotatable bonds is 6. The molecule has 0 bridgehead atoms. The molecule has 1 aliphatic carbocycles. The molecule has 1 aliphatic rings. The van der Waals surface area contributed by atoms with Crippen molar-refractivity contribution in [2.24, 2.45) is 5.41 Å². The Morgan fingerprint density at radius 2 is 2.11 bits per heavy atom. The van der Waals surface area contributed by atoms with Gasteiger partial charge in [0.25, 0.3) is 0 Å². The smallest absolute Gasteiger partial charge is 0.226 e. The summed E-state index contributed by atoms with van der Waals surface area (Å²) in [4.78, 5) is 16.2. The number of nitrogens with one attached hydrogen (secondary N) is 3. The van der Waals surface area contributed by atoms with Crippen LogP contribution in [0, 0.1) is 5.41 Å². The van der Waals surface area contributed by atoms with Crippen LogP contribution in [0.2, 0.25) is 0 Å². The summed E-state index contributed by atoms with van der Waals surface area (Å²) in [5.74, 6) is 1.48. The average Bonchev–Trinajstić information content (AvgIpc) is 3.05. The van der Waals surface area contributed by atoms with Crippen LogP contribution in [-0.2, 0) is 0 Å². The molecule has 3 rings (SSSR count). The fourth-order valence-corrected chi connectivity index (χ4v) is 2.30. The molecular formula is C13H20N6. The zero-order chi connectivity index (χ0) is 13.3. The SMILES string of the molecule is CCNc1nc(NCC2(CC)CC2)c2[nH]cnc2n1. The van der Waals surface area contributed by atoms with Crippen molar-refractivity contribution in [2.75, 3.05) is 23.7 Å². The maximum absolute atomic E-state index is 4.52. The monoisotopic (exact) mass is 260 g/mol. The van der Waals surface area contributed by atoms with Gasteiger partial charge in [-0.3, -0.25) is 0 Å². The third-order valence-corrected chi connectivity index (χ3v) is 3.96. The minimum Gasteiger partial charge on any atom is -0.368 e. The molecule has 6 nitrogen and oxygen atoms in total. The first-order chi connectivity index (χ1) is 9.26. The molecule has 3 N–H and O–H groups in total. The van der Waals surface area contributed by atoms with Gasteiger partial charge < -0.3 is 15.6 Å². The highest BCUT2D eigenvalue weighted by Gasteiger charge is 2.40. The lowest BCUT2D eigenvalue weighted by molar-refractivity contribution is 0.521. The van der Waals surface area contributed by atoms with E-state index in [9.17, 15) is 0 Å². The van der Waals surface area contributed by atoms with Crippen molar-refractivity contribution in [3.05, 3.63) is 6.33 Å². The molecule has 1 fully saturated rings. The molecule has 0 spiro atoms. The molecular weight excluding hydrogens is 240 g/mol. The normalized spacial score (nSPS) is 16.5. The zero-order valence-electron chi connectivity index (χ0n) is 11.5. The lowest BCUT2D eigenvalue weighted by atomic mass is 10.0. The molecule has 2 aromatic heterocycles. The van der Waals surface area contributed by atoms with Crippen molar-refractivity contribution in [1.82, 2.24) is 19.9 Å². The summed E-state index contributed by atoms with van der Waals surface area (Å²) in [6, 6.07) is 0. The second kappa shape index (κ2) is 4.68. The van der Waals surface area contributed by atoms with Crippen LogP contribution in [0.25, 0.3) is 11.2 Å². The summed E-state index contributed by atoms with van der Waals surface area (Å²) in [6.45, 7) is 6.06. The maximum Gasteiger partial charge on any atom is 0.226 e. The Balaban J connectivity index is 1.85. The van der Waals surface area contributed by atoms with Crippen LogP contribution in [0.3, 0.4) is 0 Å².